The molecule has 1 heterocycles. The van der Waals surface area contributed by atoms with Crippen LogP contribution in [0.2, 0.25) is 0 Å². The zero-order valence-electron chi connectivity index (χ0n) is 12.4. The van der Waals surface area contributed by atoms with Crippen LogP contribution in [0.1, 0.15) is 35.8 Å². The van der Waals surface area contributed by atoms with Gasteiger partial charge in [0, 0.05) is 17.0 Å². The SMILES string of the molecule is CC(NC(=O)c1csc(-c2cccc(C(F)(F)F)c2)n1)C1CC1. The van der Waals surface area contributed by atoms with Gasteiger partial charge in [0.2, 0.25) is 0 Å². The second-order valence-corrected chi connectivity index (χ2v) is 6.57. The molecule has 2 aromatic rings. The van der Waals surface area contributed by atoms with Crippen LogP contribution in [0.5, 0.6) is 0 Å². The van der Waals surface area contributed by atoms with Crippen molar-refractivity contribution in [3.05, 3.63) is 40.9 Å². The van der Waals surface area contributed by atoms with Crippen molar-refractivity contribution >= 4 is 17.2 Å². The van der Waals surface area contributed by atoms with Crippen LogP contribution in [-0.2, 0) is 6.18 Å². The minimum atomic E-state index is -4.40. The van der Waals surface area contributed by atoms with Crippen molar-refractivity contribution in [2.45, 2.75) is 32.0 Å². The fourth-order valence-corrected chi connectivity index (χ4v) is 3.13. The van der Waals surface area contributed by atoms with E-state index in [1.165, 1.54) is 6.07 Å². The van der Waals surface area contributed by atoms with Crippen LogP contribution < -0.4 is 5.32 Å². The Morgan fingerprint density at radius 2 is 2.13 bits per heavy atom. The Morgan fingerprint density at radius 3 is 2.78 bits per heavy atom. The van der Waals surface area contributed by atoms with Crippen molar-refractivity contribution in [1.29, 1.82) is 0 Å². The smallest absolute Gasteiger partial charge is 0.348 e. The number of benzene rings is 1. The Balaban J connectivity index is 1.77. The van der Waals surface area contributed by atoms with Crippen molar-refractivity contribution in [3.8, 4) is 10.6 Å². The van der Waals surface area contributed by atoms with Gasteiger partial charge in [-0.05, 0) is 37.8 Å². The van der Waals surface area contributed by atoms with Gasteiger partial charge >= 0.3 is 6.18 Å². The first-order valence-electron chi connectivity index (χ1n) is 7.28. The van der Waals surface area contributed by atoms with Crippen molar-refractivity contribution in [1.82, 2.24) is 10.3 Å². The fourth-order valence-electron chi connectivity index (χ4n) is 2.33. The quantitative estimate of drug-likeness (QED) is 0.899. The Morgan fingerprint density at radius 1 is 1.39 bits per heavy atom. The zero-order chi connectivity index (χ0) is 16.6. The van der Waals surface area contributed by atoms with Gasteiger partial charge in [-0.3, -0.25) is 4.79 Å². The number of thiazole rings is 1. The van der Waals surface area contributed by atoms with E-state index in [1.54, 1.807) is 11.4 Å². The first-order chi connectivity index (χ1) is 10.8. The standard InChI is InChI=1S/C16H15F3N2OS/c1-9(10-5-6-10)20-14(22)13-8-23-15(21-13)11-3-2-4-12(7-11)16(17,18)19/h2-4,7-10H,5-6H2,1H3,(H,20,22). The summed E-state index contributed by atoms with van der Waals surface area (Å²) in [6.45, 7) is 1.95. The highest BCUT2D eigenvalue weighted by molar-refractivity contribution is 7.13. The second kappa shape index (κ2) is 5.96. The highest BCUT2D eigenvalue weighted by Gasteiger charge is 2.31. The van der Waals surface area contributed by atoms with E-state index in [-0.39, 0.29) is 17.6 Å². The third-order valence-corrected chi connectivity index (χ3v) is 4.75. The average Bonchev–Trinajstić information content (AvgIpc) is 3.23. The second-order valence-electron chi connectivity index (χ2n) is 5.72. The van der Waals surface area contributed by atoms with E-state index < -0.39 is 11.7 Å². The molecular formula is C16H15F3N2OS. The Labute approximate surface area is 135 Å². The highest BCUT2D eigenvalue weighted by atomic mass is 32.1. The van der Waals surface area contributed by atoms with E-state index in [4.69, 9.17) is 0 Å². The molecule has 1 fully saturated rings. The number of aromatic nitrogens is 1. The predicted molar refractivity (Wildman–Crippen MR) is 82.2 cm³/mol. The summed E-state index contributed by atoms with van der Waals surface area (Å²) in [5, 5.41) is 4.86. The molecule has 1 N–H and O–H groups in total. The number of hydrogen-bond donors (Lipinski definition) is 1. The average molecular weight is 340 g/mol. The van der Waals surface area contributed by atoms with Crippen LogP contribution in [0, 0.1) is 5.92 Å². The van der Waals surface area contributed by atoms with Gasteiger partial charge in [0.15, 0.2) is 0 Å². The van der Waals surface area contributed by atoms with E-state index in [0.717, 1.165) is 36.3 Å². The molecule has 1 aliphatic carbocycles. The molecular weight excluding hydrogens is 325 g/mol. The lowest BCUT2D eigenvalue weighted by Crippen LogP contribution is -2.34. The van der Waals surface area contributed by atoms with Gasteiger partial charge in [-0.2, -0.15) is 13.2 Å². The summed E-state index contributed by atoms with van der Waals surface area (Å²) in [5.41, 5.74) is -0.118. The number of carbonyl (C=O) groups is 1. The van der Waals surface area contributed by atoms with Gasteiger partial charge in [-0.25, -0.2) is 4.98 Å². The lowest BCUT2D eigenvalue weighted by molar-refractivity contribution is -0.137. The van der Waals surface area contributed by atoms with Gasteiger partial charge in [0.1, 0.15) is 10.7 Å². The minimum Gasteiger partial charge on any atom is -0.348 e. The van der Waals surface area contributed by atoms with Crippen molar-refractivity contribution in [3.63, 3.8) is 0 Å². The molecule has 1 atom stereocenters. The van der Waals surface area contributed by atoms with Gasteiger partial charge in [0.05, 0.1) is 5.56 Å². The molecule has 0 bridgehead atoms. The number of nitrogens with zero attached hydrogens (tertiary/aromatic N) is 1. The third-order valence-electron chi connectivity index (χ3n) is 3.86. The van der Waals surface area contributed by atoms with E-state index in [2.05, 4.69) is 10.3 Å². The highest BCUT2D eigenvalue weighted by Crippen LogP contribution is 2.34. The summed E-state index contributed by atoms with van der Waals surface area (Å²) in [5.74, 6) is 0.249. The van der Waals surface area contributed by atoms with Crippen LogP contribution in [0.15, 0.2) is 29.6 Å². The lowest BCUT2D eigenvalue weighted by atomic mass is 10.1. The number of alkyl halides is 3. The van der Waals surface area contributed by atoms with Crippen molar-refractivity contribution < 1.29 is 18.0 Å². The Kier molecular flexibility index (Phi) is 4.14. The topological polar surface area (TPSA) is 42.0 Å². The number of hydrogen-bond acceptors (Lipinski definition) is 3. The predicted octanol–water partition coefficient (Wildman–Crippen LogP) is 4.36. The molecule has 0 aliphatic heterocycles. The molecule has 1 saturated carbocycles. The maximum atomic E-state index is 12.8. The van der Waals surface area contributed by atoms with Gasteiger partial charge in [0.25, 0.3) is 5.91 Å². The Hall–Kier alpha value is -1.89. The van der Waals surface area contributed by atoms with Crippen LogP contribution in [0.25, 0.3) is 10.6 Å². The van der Waals surface area contributed by atoms with Crippen molar-refractivity contribution in [2.75, 3.05) is 0 Å². The van der Waals surface area contributed by atoms with Gasteiger partial charge < -0.3 is 5.32 Å². The molecule has 122 valence electrons. The van der Waals surface area contributed by atoms with Crippen LogP contribution in [-0.4, -0.2) is 16.9 Å². The summed E-state index contributed by atoms with van der Waals surface area (Å²) in [6.07, 6.45) is -2.16. The van der Waals surface area contributed by atoms with E-state index in [9.17, 15) is 18.0 Å². The zero-order valence-corrected chi connectivity index (χ0v) is 13.2. The number of carbonyl (C=O) groups excluding carboxylic acids is 1. The molecule has 3 nitrogen and oxygen atoms in total. The summed E-state index contributed by atoms with van der Waals surface area (Å²) < 4.78 is 38.3. The fraction of sp³-hybridized carbons (Fsp3) is 0.375. The first-order valence-corrected chi connectivity index (χ1v) is 8.16. The molecule has 0 spiro atoms. The first kappa shape index (κ1) is 16.0. The lowest BCUT2D eigenvalue weighted by Gasteiger charge is -2.11. The summed E-state index contributed by atoms with van der Waals surface area (Å²) in [7, 11) is 0. The number of rotatable bonds is 4. The van der Waals surface area contributed by atoms with Crippen LogP contribution >= 0.6 is 11.3 Å². The molecule has 1 aromatic heterocycles. The Bertz CT molecular complexity index is 722. The van der Waals surface area contributed by atoms with E-state index >= 15 is 0 Å². The number of nitrogens with one attached hydrogen (secondary N) is 1. The van der Waals surface area contributed by atoms with Crippen molar-refractivity contribution in [2.24, 2.45) is 5.92 Å². The molecule has 7 heteroatoms. The largest absolute Gasteiger partial charge is 0.416 e. The molecule has 0 saturated heterocycles. The van der Waals surface area contributed by atoms with Crippen LogP contribution in [0.3, 0.4) is 0 Å². The monoisotopic (exact) mass is 340 g/mol. The molecule has 1 amide bonds. The summed E-state index contributed by atoms with van der Waals surface area (Å²) >= 11 is 1.16. The maximum Gasteiger partial charge on any atom is 0.416 e. The van der Waals surface area contributed by atoms with Gasteiger partial charge in [-0.15, -0.1) is 11.3 Å². The molecule has 1 aliphatic rings. The molecule has 1 aromatic carbocycles. The molecule has 23 heavy (non-hydrogen) atoms. The summed E-state index contributed by atoms with van der Waals surface area (Å²) in [6, 6.07) is 5.06. The van der Waals surface area contributed by atoms with E-state index in [0.29, 0.717) is 16.5 Å². The van der Waals surface area contributed by atoms with E-state index in [1.807, 2.05) is 6.92 Å². The molecule has 1 unspecified atom stereocenters. The number of amides is 1. The minimum absolute atomic E-state index is 0.0983. The third kappa shape index (κ3) is 3.72. The molecule has 3 rings (SSSR count). The normalized spacial score (nSPS) is 16.2. The summed E-state index contributed by atoms with van der Waals surface area (Å²) in [4.78, 5) is 16.3. The number of halogens is 3. The van der Waals surface area contributed by atoms with Crippen LogP contribution in [0.4, 0.5) is 13.2 Å². The van der Waals surface area contributed by atoms with Gasteiger partial charge in [-0.1, -0.05) is 12.1 Å². The maximum absolute atomic E-state index is 12.8. The molecule has 0 radical (unpaired) electrons.